The van der Waals surface area contributed by atoms with Crippen LogP contribution in [-0.2, 0) is 11.2 Å². The molecular formula is C12H16O5. The zero-order chi connectivity index (χ0) is 12.8. The summed E-state index contributed by atoms with van der Waals surface area (Å²) in [6, 6.07) is 3.40. The third-order valence-corrected chi connectivity index (χ3v) is 2.44. The number of hydrogen-bond acceptors (Lipinski definition) is 4. The molecule has 0 aliphatic rings. The molecule has 17 heavy (non-hydrogen) atoms. The maximum absolute atomic E-state index is 10.4. The van der Waals surface area contributed by atoms with E-state index in [1.165, 1.54) is 14.2 Å². The van der Waals surface area contributed by atoms with Gasteiger partial charge in [-0.15, -0.1) is 0 Å². The number of carboxylic acids is 1. The van der Waals surface area contributed by atoms with E-state index in [0.29, 0.717) is 24.2 Å². The fourth-order valence-corrected chi connectivity index (χ4v) is 1.58. The molecule has 0 radical (unpaired) electrons. The van der Waals surface area contributed by atoms with Crippen LogP contribution in [0.1, 0.15) is 18.4 Å². The van der Waals surface area contributed by atoms with Crippen molar-refractivity contribution in [2.45, 2.75) is 19.3 Å². The summed E-state index contributed by atoms with van der Waals surface area (Å²) in [4.78, 5) is 10.4. The van der Waals surface area contributed by atoms with Crippen LogP contribution in [0.4, 0.5) is 0 Å². The first-order chi connectivity index (χ1) is 8.10. The molecule has 1 aromatic rings. The van der Waals surface area contributed by atoms with Gasteiger partial charge in [-0.1, -0.05) is 6.07 Å². The molecule has 0 aliphatic carbocycles. The Morgan fingerprint density at radius 2 is 2.00 bits per heavy atom. The van der Waals surface area contributed by atoms with E-state index in [4.69, 9.17) is 14.6 Å². The van der Waals surface area contributed by atoms with Crippen molar-refractivity contribution in [3.63, 3.8) is 0 Å². The van der Waals surface area contributed by atoms with Crippen molar-refractivity contribution >= 4 is 5.97 Å². The standard InChI is InChI=1S/C12H16O5/c1-16-9-7-6-8(4-3-5-10(13)14)11(15)12(9)17-2/h6-7,15H,3-5H2,1-2H3,(H,13,14). The van der Waals surface area contributed by atoms with Crippen LogP contribution >= 0.6 is 0 Å². The Morgan fingerprint density at radius 3 is 2.53 bits per heavy atom. The molecule has 94 valence electrons. The van der Waals surface area contributed by atoms with E-state index in [1.54, 1.807) is 12.1 Å². The van der Waals surface area contributed by atoms with E-state index in [0.717, 1.165) is 0 Å². The summed E-state index contributed by atoms with van der Waals surface area (Å²) in [6.07, 6.45) is 1.03. The fraction of sp³-hybridized carbons (Fsp3) is 0.417. The van der Waals surface area contributed by atoms with Crippen molar-refractivity contribution < 1.29 is 24.5 Å². The summed E-state index contributed by atoms with van der Waals surface area (Å²) >= 11 is 0. The lowest BCUT2D eigenvalue weighted by Gasteiger charge is -2.12. The first-order valence-electron chi connectivity index (χ1n) is 5.24. The van der Waals surface area contributed by atoms with Gasteiger partial charge in [0.2, 0.25) is 5.75 Å². The molecule has 2 N–H and O–H groups in total. The van der Waals surface area contributed by atoms with Crippen LogP contribution in [0.5, 0.6) is 17.2 Å². The van der Waals surface area contributed by atoms with Crippen LogP contribution in [0.3, 0.4) is 0 Å². The van der Waals surface area contributed by atoms with Crippen molar-refractivity contribution in [3.8, 4) is 17.2 Å². The van der Waals surface area contributed by atoms with Crippen LogP contribution in [0, 0.1) is 0 Å². The fourth-order valence-electron chi connectivity index (χ4n) is 1.58. The molecule has 0 aliphatic heterocycles. The minimum absolute atomic E-state index is 0.0113. The van der Waals surface area contributed by atoms with Crippen LogP contribution in [-0.4, -0.2) is 30.4 Å². The molecule has 0 saturated heterocycles. The smallest absolute Gasteiger partial charge is 0.303 e. The second-order valence-corrected chi connectivity index (χ2v) is 3.56. The Morgan fingerprint density at radius 1 is 1.29 bits per heavy atom. The Labute approximate surface area is 99.6 Å². The van der Waals surface area contributed by atoms with Crippen molar-refractivity contribution in [1.82, 2.24) is 0 Å². The number of methoxy groups -OCH3 is 2. The monoisotopic (exact) mass is 240 g/mol. The number of benzene rings is 1. The molecule has 0 aromatic heterocycles. The number of carboxylic acid groups (broad SMARTS) is 1. The molecule has 0 saturated carbocycles. The van der Waals surface area contributed by atoms with E-state index in [-0.39, 0.29) is 17.9 Å². The second kappa shape index (κ2) is 5.98. The highest BCUT2D eigenvalue weighted by molar-refractivity contribution is 5.66. The first kappa shape index (κ1) is 13.2. The summed E-state index contributed by atoms with van der Waals surface area (Å²) in [5, 5.41) is 18.5. The summed E-state index contributed by atoms with van der Waals surface area (Å²) in [5.41, 5.74) is 0.656. The Balaban J connectivity index is 2.83. The van der Waals surface area contributed by atoms with Gasteiger partial charge in [0, 0.05) is 6.42 Å². The van der Waals surface area contributed by atoms with Crippen molar-refractivity contribution in [2.75, 3.05) is 14.2 Å². The molecule has 5 heteroatoms. The lowest BCUT2D eigenvalue weighted by Crippen LogP contribution is -1.98. The normalized spacial score (nSPS) is 10.0. The number of aryl methyl sites for hydroxylation is 1. The van der Waals surface area contributed by atoms with Crippen molar-refractivity contribution in [2.24, 2.45) is 0 Å². The van der Waals surface area contributed by atoms with Crippen LogP contribution in [0.25, 0.3) is 0 Å². The van der Waals surface area contributed by atoms with Gasteiger partial charge in [0.1, 0.15) is 0 Å². The van der Waals surface area contributed by atoms with E-state index in [1.807, 2.05) is 0 Å². The van der Waals surface area contributed by atoms with E-state index in [9.17, 15) is 9.90 Å². The highest BCUT2D eigenvalue weighted by Gasteiger charge is 2.13. The number of aliphatic carboxylic acids is 1. The zero-order valence-corrected chi connectivity index (χ0v) is 9.90. The predicted octanol–water partition coefficient (Wildman–Crippen LogP) is 1.82. The average Bonchev–Trinajstić information content (AvgIpc) is 2.30. The van der Waals surface area contributed by atoms with Gasteiger partial charge < -0.3 is 19.7 Å². The van der Waals surface area contributed by atoms with Crippen LogP contribution in [0.2, 0.25) is 0 Å². The topological polar surface area (TPSA) is 76.0 Å². The van der Waals surface area contributed by atoms with Gasteiger partial charge in [-0.25, -0.2) is 0 Å². The molecule has 0 fully saturated rings. The number of phenols is 1. The number of ether oxygens (including phenoxy) is 2. The molecule has 0 unspecified atom stereocenters. The molecule has 0 heterocycles. The summed E-state index contributed by atoms with van der Waals surface area (Å²) in [6.45, 7) is 0. The van der Waals surface area contributed by atoms with Gasteiger partial charge in [0.05, 0.1) is 14.2 Å². The molecular weight excluding hydrogens is 224 g/mol. The maximum Gasteiger partial charge on any atom is 0.303 e. The highest BCUT2D eigenvalue weighted by atomic mass is 16.5. The van der Waals surface area contributed by atoms with Crippen molar-refractivity contribution in [1.29, 1.82) is 0 Å². The summed E-state index contributed by atoms with van der Waals surface area (Å²) in [7, 11) is 2.93. The number of aromatic hydroxyl groups is 1. The van der Waals surface area contributed by atoms with Crippen molar-refractivity contribution in [3.05, 3.63) is 17.7 Å². The zero-order valence-electron chi connectivity index (χ0n) is 9.90. The molecule has 0 amide bonds. The predicted molar refractivity (Wildman–Crippen MR) is 61.8 cm³/mol. The molecule has 0 atom stereocenters. The Kier molecular flexibility index (Phi) is 4.63. The van der Waals surface area contributed by atoms with Gasteiger partial charge in [0.15, 0.2) is 11.5 Å². The second-order valence-electron chi connectivity index (χ2n) is 3.56. The first-order valence-corrected chi connectivity index (χ1v) is 5.24. The number of hydrogen-bond donors (Lipinski definition) is 2. The van der Waals surface area contributed by atoms with Gasteiger partial charge >= 0.3 is 5.97 Å². The third kappa shape index (κ3) is 3.27. The third-order valence-electron chi connectivity index (χ3n) is 2.44. The Bertz CT molecular complexity index is 400. The SMILES string of the molecule is COc1ccc(CCCC(=O)O)c(O)c1OC. The lowest BCUT2D eigenvalue weighted by molar-refractivity contribution is -0.137. The largest absolute Gasteiger partial charge is 0.504 e. The molecule has 1 aromatic carbocycles. The van der Waals surface area contributed by atoms with E-state index in [2.05, 4.69) is 0 Å². The number of phenolic OH excluding ortho intramolecular Hbond substituents is 1. The number of rotatable bonds is 6. The van der Waals surface area contributed by atoms with Gasteiger partial charge in [-0.3, -0.25) is 4.79 Å². The minimum Gasteiger partial charge on any atom is -0.504 e. The minimum atomic E-state index is -0.843. The van der Waals surface area contributed by atoms with Crippen LogP contribution < -0.4 is 9.47 Å². The number of carbonyl (C=O) groups is 1. The van der Waals surface area contributed by atoms with Gasteiger partial charge in [-0.2, -0.15) is 0 Å². The van der Waals surface area contributed by atoms with E-state index >= 15 is 0 Å². The van der Waals surface area contributed by atoms with Gasteiger partial charge in [-0.05, 0) is 24.5 Å². The quantitative estimate of drug-likeness (QED) is 0.793. The molecule has 1 rings (SSSR count). The lowest BCUT2D eigenvalue weighted by atomic mass is 10.1. The summed E-state index contributed by atoms with van der Waals surface area (Å²) < 4.78 is 10.1. The average molecular weight is 240 g/mol. The summed E-state index contributed by atoms with van der Waals surface area (Å²) in [5.74, 6) is -0.102. The highest BCUT2D eigenvalue weighted by Crippen LogP contribution is 2.39. The molecule has 0 spiro atoms. The van der Waals surface area contributed by atoms with Gasteiger partial charge in [0.25, 0.3) is 0 Å². The Hall–Kier alpha value is -1.91. The van der Waals surface area contributed by atoms with Crippen LogP contribution in [0.15, 0.2) is 12.1 Å². The van der Waals surface area contributed by atoms with E-state index < -0.39 is 5.97 Å². The molecule has 0 bridgehead atoms. The maximum atomic E-state index is 10.4. The molecule has 5 nitrogen and oxygen atoms in total.